The summed E-state index contributed by atoms with van der Waals surface area (Å²) in [6.07, 6.45) is 2.29. The Labute approximate surface area is 120 Å². The summed E-state index contributed by atoms with van der Waals surface area (Å²) < 4.78 is 7.77. The van der Waals surface area contributed by atoms with Crippen molar-refractivity contribution in [2.45, 2.75) is 45.4 Å². The first-order valence-electron chi connectivity index (χ1n) is 7.39. The molecule has 1 aromatic heterocycles. The molecule has 3 rings (SSSR count). The lowest BCUT2D eigenvalue weighted by Crippen LogP contribution is -2.42. The molecule has 0 radical (unpaired) electrons. The summed E-state index contributed by atoms with van der Waals surface area (Å²) in [5, 5.41) is 13.2. The molecule has 0 N–H and O–H groups in total. The van der Waals surface area contributed by atoms with Crippen molar-refractivity contribution in [1.29, 1.82) is 5.26 Å². The van der Waals surface area contributed by atoms with Crippen molar-refractivity contribution in [2.24, 2.45) is 5.92 Å². The number of rotatable bonds is 2. The minimum atomic E-state index is 0.0223. The molecule has 1 saturated heterocycles. The van der Waals surface area contributed by atoms with Crippen LogP contribution in [0.2, 0.25) is 0 Å². The van der Waals surface area contributed by atoms with Gasteiger partial charge in [0.05, 0.1) is 17.8 Å². The quantitative estimate of drug-likeness (QED) is 0.825. The second-order valence-electron chi connectivity index (χ2n) is 6.56. The van der Waals surface area contributed by atoms with Gasteiger partial charge in [-0.25, -0.2) is 0 Å². The Morgan fingerprint density at radius 1 is 1.50 bits per heavy atom. The Morgan fingerprint density at radius 2 is 2.35 bits per heavy atom. The average molecular weight is 274 g/mol. The number of nitriles is 1. The van der Waals surface area contributed by atoms with Crippen LogP contribution >= 0.6 is 0 Å². The van der Waals surface area contributed by atoms with E-state index < -0.39 is 0 Å². The van der Waals surface area contributed by atoms with Crippen LogP contribution in [0.15, 0.2) is 6.07 Å². The average Bonchev–Trinajstić information content (AvgIpc) is 2.79. The van der Waals surface area contributed by atoms with E-state index in [2.05, 4.69) is 29.9 Å². The number of nitrogens with zero attached hydrogens (tertiary/aromatic N) is 4. The van der Waals surface area contributed by atoms with Gasteiger partial charge in [0.25, 0.3) is 0 Å². The molecule has 1 unspecified atom stereocenters. The fourth-order valence-corrected chi connectivity index (χ4v) is 3.41. The molecule has 0 saturated carbocycles. The van der Waals surface area contributed by atoms with Gasteiger partial charge in [0.1, 0.15) is 6.07 Å². The van der Waals surface area contributed by atoms with E-state index in [0.29, 0.717) is 11.6 Å². The number of fused-ring (bicyclic) bond motifs is 1. The third kappa shape index (κ3) is 2.87. The molecular formula is C15H22N4O. The van der Waals surface area contributed by atoms with Gasteiger partial charge in [-0.2, -0.15) is 10.4 Å². The molecule has 1 atom stereocenters. The highest BCUT2D eigenvalue weighted by Crippen LogP contribution is 2.29. The van der Waals surface area contributed by atoms with E-state index in [1.54, 1.807) is 0 Å². The lowest BCUT2D eigenvalue weighted by Gasteiger charge is -2.38. The van der Waals surface area contributed by atoms with Crippen molar-refractivity contribution < 1.29 is 4.74 Å². The zero-order chi connectivity index (χ0) is 14.2. The first kappa shape index (κ1) is 13.6. The summed E-state index contributed by atoms with van der Waals surface area (Å²) >= 11 is 0. The molecule has 0 aromatic carbocycles. The van der Waals surface area contributed by atoms with Crippen LogP contribution in [-0.4, -0.2) is 40.0 Å². The molecule has 0 amide bonds. The lowest BCUT2D eigenvalue weighted by molar-refractivity contribution is -0.0777. The van der Waals surface area contributed by atoms with E-state index in [1.807, 2.05) is 10.7 Å². The van der Waals surface area contributed by atoms with Crippen LogP contribution in [0.1, 0.15) is 38.1 Å². The monoisotopic (exact) mass is 274 g/mol. The summed E-state index contributed by atoms with van der Waals surface area (Å²) in [5.74, 6) is 0.712. The van der Waals surface area contributed by atoms with E-state index in [-0.39, 0.29) is 5.60 Å². The van der Waals surface area contributed by atoms with E-state index >= 15 is 0 Å². The molecular weight excluding hydrogens is 252 g/mol. The molecule has 1 aromatic rings. The molecule has 2 aliphatic rings. The molecule has 108 valence electrons. The summed E-state index contributed by atoms with van der Waals surface area (Å²) in [4.78, 5) is 2.49. The molecule has 20 heavy (non-hydrogen) atoms. The first-order valence-corrected chi connectivity index (χ1v) is 7.39. The Bertz CT molecular complexity index is 528. The van der Waals surface area contributed by atoms with Crippen molar-refractivity contribution in [1.82, 2.24) is 14.7 Å². The molecule has 5 nitrogen and oxygen atoms in total. The van der Waals surface area contributed by atoms with Crippen LogP contribution < -0.4 is 0 Å². The third-order valence-electron chi connectivity index (χ3n) is 4.31. The van der Waals surface area contributed by atoms with Crippen LogP contribution in [0.25, 0.3) is 0 Å². The van der Waals surface area contributed by atoms with Gasteiger partial charge in [0.15, 0.2) is 5.69 Å². The standard InChI is InChI=1S/C15H22N4O/c1-15(2)8-12(3-6-20-15)10-18-4-5-19-14(11-18)7-13(9-16)17-19/h7,12H,3-6,8,10-11H2,1-2H3. The summed E-state index contributed by atoms with van der Waals surface area (Å²) in [5.41, 5.74) is 1.72. The highest BCUT2D eigenvalue weighted by Gasteiger charge is 2.30. The molecule has 0 spiro atoms. The van der Waals surface area contributed by atoms with Crippen LogP contribution in [0, 0.1) is 17.2 Å². The number of aromatic nitrogens is 2. The molecule has 1 fully saturated rings. The highest BCUT2D eigenvalue weighted by atomic mass is 16.5. The second-order valence-corrected chi connectivity index (χ2v) is 6.56. The SMILES string of the molecule is CC1(C)CC(CN2CCn3nc(C#N)cc3C2)CCO1. The number of ether oxygens (including phenoxy) is 1. The second kappa shape index (κ2) is 5.19. The third-order valence-corrected chi connectivity index (χ3v) is 4.31. The van der Waals surface area contributed by atoms with E-state index in [9.17, 15) is 0 Å². The Morgan fingerprint density at radius 3 is 3.10 bits per heavy atom. The number of hydrogen-bond acceptors (Lipinski definition) is 4. The van der Waals surface area contributed by atoms with Crippen LogP contribution in [0.3, 0.4) is 0 Å². The van der Waals surface area contributed by atoms with Crippen LogP contribution in [0.5, 0.6) is 0 Å². The molecule has 2 aliphatic heterocycles. The summed E-state index contributed by atoms with van der Waals surface area (Å²) in [6.45, 7) is 9.20. The van der Waals surface area contributed by atoms with Gasteiger partial charge in [0, 0.05) is 26.2 Å². The Kier molecular flexibility index (Phi) is 3.53. The van der Waals surface area contributed by atoms with Crippen LogP contribution in [0.4, 0.5) is 0 Å². The van der Waals surface area contributed by atoms with Gasteiger partial charge >= 0.3 is 0 Å². The molecule has 5 heteroatoms. The maximum Gasteiger partial charge on any atom is 0.162 e. The van der Waals surface area contributed by atoms with Gasteiger partial charge in [0.2, 0.25) is 0 Å². The van der Waals surface area contributed by atoms with E-state index in [0.717, 1.165) is 45.6 Å². The van der Waals surface area contributed by atoms with Gasteiger partial charge in [-0.3, -0.25) is 9.58 Å². The van der Waals surface area contributed by atoms with Crippen LogP contribution in [-0.2, 0) is 17.8 Å². The van der Waals surface area contributed by atoms with Gasteiger partial charge < -0.3 is 4.74 Å². The Balaban J connectivity index is 1.61. The van der Waals surface area contributed by atoms with E-state index in [4.69, 9.17) is 10.00 Å². The first-order chi connectivity index (χ1) is 9.55. The predicted molar refractivity (Wildman–Crippen MR) is 75.0 cm³/mol. The Hall–Kier alpha value is -1.38. The molecule has 0 bridgehead atoms. The van der Waals surface area contributed by atoms with Crippen molar-refractivity contribution in [3.8, 4) is 6.07 Å². The zero-order valence-corrected chi connectivity index (χ0v) is 12.3. The summed E-state index contributed by atoms with van der Waals surface area (Å²) in [6, 6.07) is 4.04. The van der Waals surface area contributed by atoms with Gasteiger partial charge in [-0.1, -0.05) is 0 Å². The normalized spacial score (nSPS) is 25.9. The minimum absolute atomic E-state index is 0.0223. The number of hydrogen-bond donors (Lipinski definition) is 0. The van der Waals surface area contributed by atoms with E-state index in [1.165, 1.54) is 5.69 Å². The smallest absolute Gasteiger partial charge is 0.162 e. The van der Waals surface area contributed by atoms with Gasteiger partial charge in [-0.15, -0.1) is 0 Å². The summed E-state index contributed by atoms with van der Waals surface area (Å²) in [7, 11) is 0. The maximum absolute atomic E-state index is 8.92. The van der Waals surface area contributed by atoms with Crippen molar-refractivity contribution in [3.05, 3.63) is 17.5 Å². The predicted octanol–water partition coefficient (Wildman–Crippen LogP) is 1.78. The van der Waals surface area contributed by atoms with Crippen molar-refractivity contribution in [3.63, 3.8) is 0 Å². The van der Waals surface area contributed by atoms with Crippen molar-refractivity contribution in [2.75, 3.05) is 19.7 Å². The molecule has 3 heterocycles. The molecule has 0 aliphatic carbocycles. The lowest BCUT2D eigenvalue weighted by atomic mass is 9.88. The highest BCUT2D eigenvalue weighted by molar-refractivity contribution is 5.23. The zero-order valence-electron chi connectivity index (χ0n) is 12.3. The largest absolute Gasteiger partial charge is 0.376 e. The fourth-order valence-electron chi connectivity index (χ4n) is 3.41. The fraction of sp³-hybridized carbons (Fsp3) is 0.733. The van der Waals surface area contributed by atoms with Gasteiger partial charge in [-0.05, 0) is 38.7 Å². The maximum atomic E-state index is 8.92. The minimum Gasteiger partial charge on any atom is -0.376 e. The topological polar surface area (TPSA) is 54.1 Å². The van der Waals surface area contributed by atoms with Crippen molar-refractivity contribution >= 4 is 0 Å².